The number of sulfonamides is 1. The van der Waals surface area contributed by atoms with Gasteiger partial charge in [-0.1, -0.05) is 31.4 Å². The molecule has 1 aromatic carbocycles. The van der Waals surface area contributed by atoms with E-state index in [-0.39, 0.29) is 0 Å². The Balaban J connectivity index is 2.12. The molecule has 0 atom stereocenters. The molecule has 1 aliphatic rings. The van der Waals surface area contributed by atoms with E-state index in [2.05, 4.69) is 14.3 Å². The molecule has 0 aliphatic heterocycles. The van der Waals surface area contributed by atoms with Crippen LogP contribution in [0.3, 0.4) is 0 Å². The molecule has 3 rings (SSSR count). The number of anilines is 1. The Morgan fingerprint density at radius 1 is 1.20 bits per heavy atom. The summed E-state index contributed by atoms with van der Waals surface area (Å²) >= 11 is 0. The first-order valence-electron chi connectivity index (χ1n) is 6.99. The minimum Gasteiger partial charge on any atom is -0.306 e. The fraction of sp³-hybridized carbons (Fsp3) is 0.500. The topological polar surface area (TPSA) is 64.0 Å². The highest BCUT2D eigenvalue weighted by Gasteiger charge is 2.22. The molecule has 6 heteroatoms. The predicted molar refractivity (Wildman–Crippen MR) is 80.3 cm³/mol. The second-order valence-corrected chi connectivity index (χ2v) is 7.21. The second-order valence-electron chi connectivity index (χ2n) is 5.46. The Labute approximate surface area is 119 Å². The van der Waals surface area contributed by atoms with Crippen LogP contribution in [0.1, 0.15) is 38.1 Å². The molecule has 0 unspecified atom stereocenters. The molecule has 0 saturated heterocycles. The summed E-state index contributed by atoms with van der Waals surface area (Å²) in [5, 5.41) is 0. The van der Waals surface area contributed by atoms with Crippen molar-refractivity contribution in [2.24, 2.45) is 0 Å². The van der Waals surface area contributed by atoms with Crippen molar-refractivity contribution in [1.29, 1.82) is 0 Å². The number of hydrogen-bond donors (Lipinski definition) is 1. The minimum atomic E-state index is -3.32. The van der Waals surface area contributed by atoms with Gasteiger partial charge in [0, 0.05) is 6.04 Å². The quantitative estimate of drug-likeness (QED) is 0.946. The lowest BCUT2D eigenvalue weighted by Crippen LogP contribution is -2.19. The Morgan fingerprint density at radius 3 is 2.60 bits per heavy atom. The van der Waals surface area contributed by atoms with Gasteiger partial charge in [0.1, 0.15) is 0 Å². The summed E-state index contributed by atoms with van der Waals surface area (Å²) in [5.74, 6) is 0.445. The molecule has 0 spiro atoms. The lowest BCUT2D eigenvalue weighted by molar-refractivity contribution is 0.363. The monoisotopic (exact) mass is 293 g/mol. The maximum absolute atomic E-state index is 11.5. The molecule has 108 valence electrons. The molecule has 1 N–H and O–H groups in total. The molecule has 1 aromatic heterocycles. The van der Waals surface area contributed by atoms with Gasteiger partial charge in [0.25, 0.3) is 0 Å². The maximum atomic E-state index is 11.5. The standard InChI is InChI=1S/C14H19N3O2S/c1-20(18,19)16-14-15-12-9-5-6-10-13(12)17(14)11-7-3-2-4-8-11/h5-6,9-11H,2-4,7-8H2,1H3,(H,15,16). The Hall–Kier alpha value is -1.56. The number of nitrogens with zero attached hydrogens (tertiary/aromatic N) is 2. The smallest absolute Gasteiger partial charge is 0.232 e. The van der Waals surface area contributed by atoms with Crippen LogP contribution in [0.2, 0.25) is 0 Å². The van der Waals surface area contributed by atoms with E-state index in [9.17, 15) is 8.42 Å². The van der Waals surface area contributed by atoms with Gasteiger partial charge >= 0.3 is 0 Å². The molecular weight excluding hydrogens is 274 g/mol. The molecule has 0 radical (unpaired) electrons. The zero-order valence-electron chi connectivity index (χ0n) is 11.5. The van der Waals surface area contributed by atoms with Crippen molar-refractivity contribution in [1.82, 2.24) is 9.55 Å². The number of imidazole rings is 1. The molecular formula is C14H19N3O2S. The second kappa shape index (κ2) is 5.09. The van der Waals surface area contributed by atoms with Gasteiger partial charge in [-0.15, -0.1) is 0 Å². The van der Waals surface area contributed by atoms with Crippen molar-refractivity contribution in [3.05, 3.63) is 24.3 Å². The number of para-hydroxylation sites is 2. The van der Waals surface area contributed by atoms with Gasteiger partial charge in [0.2, 0.25) is 16.0 Å². The molecule has 5 nitrogen and oxygen atoms in total. The van der Waals surface area contributed by atoms with Crippen LogP contribution in [0.15, 0.2) is 24.3 Å². The lowest BCUT2D eigenvalue weighted by Gasteiger charge is -2.25. The van der Waals surface area contributed by atoms with Gasteiger partial charge < -0.3 is 4.57 Å². The number of benzene rings is 1. The summed E-state index contributed by atoms with van der Waals surface area (Å²) in [6.07, 6.45) is 6.97. The Kier molecular flexibility index (Phi) is 3.41. The van der Waals surface area contributed by atoms with Crippen molar-refractivity contribution in [2.75, 3.05) is 11.0 Å². The number of nitrogens with one attached hydrogen (secondary N) is 1. The zero-order chi connectivity index (χ0) is 14.2. The summed E-state index contributed by atoms with van der Waals surface area (Å²) < 4.78 is 27.7. The fourth-order valence-corrected chi connectivity index (χ4v) is 3.47. The van der Waals surface area contributed by atoms with E-state index in [0.717, 1.165) is 30.1 Å². The SMILES string of the molecule is CS(=O)(=O)Nc1nc2ccccc2n1C1CCCCC1. The van der Waals surface area contributed by atoms with Gasteiger partial charge in [0.15, 0.2) is 0 Å². The van der Waals surface area contributed by atoms with Crippen LogP contribution in [0.5, 0.6) is 0 Å². The maximum Gasteiger partial charge on any atom is 0.232 e. The van der Waals surface area contributed by atoms with Crippen LogP contribution in [0.25, 0.3) is 11.0 Å². The lowest BCUT2D eigenvalue weighted by atomic mass is 9.95. The molecule has 1 fully saturated rings. The van der Waals surface area contributed by atoms with Crippen molar-refractivity contribution in [3.8, 4) is 0 Å². The van der Waals surface area contributed by atoms with Crippen molar-refractivity contribution in [2.45, 2.75) is 38.1 Å². The third-order valence-electron chi connectivity index (χ3n) is 3.81. The van der Waals surface area contributed by atoms with E-state index in [1.807, 2.05) is 24.3 Å². The summed E-state index contributed by atoms with van der Waals surface area (Å²) in [7, 11) is -3.32. The highest BCUT2D eigenvalue weighted by molar-refractivity contribution is 7.92. The largest absolute Gasteiger partial charge is 0.306 e. The van der Waals surface area contributed by atoms with Gasteiger partial charge in [-0.25, -0.2) is 13.4 Å². The van der Waals surface area contributed by atoms with Crippen LogP contribution in [-0.2, 0) is 10.0 Å². The normalized spacial score (nSPS) is 17.4. The average Bonchev–Trinajstić information content (AvgIpc) is 2.75. The molecule has 0 bridgehead atoms. The van der Waals surface area contributed by atoms with E-state index < -0.39 is 10.0 Å². The van der Waals surface area contributed by atoms with Crippen LogP contribution in [0, 0.1) is 0 Å². The predicted octanol–water partition coefficient (Wildman–Crippen LogP) is 2.91. The Morgan fingerprint density at radius 2 is 1.90 bits per heavy atom. The van der Waals surface area contributed by atoms with E-state index in [0.29, 0.717) is 12.0 Å². The summed E-state index contributed by atoms with van der Waals surface area (Å²) in [6, 6.07) is 8.14. The first kappa shape index (κ1) is 13.4. The van der Waals surface area contributed by atoms with E-state index in [1.54, 1.807) is 0 Å². The minimum absolute atomic E-state index is 0.334. The van der Waals surface area contributed by atoms with Crippen LogP contribution in [0.4, 0.5) is 5.95 Å². The highest BCUT2D eigenvalue weighted by atomic mass is 32.2. The van der Waals surface area contributed by atoms with Gasteiger partial charge in [-0.3, -0.25) is 4.72 Å². The van der Waals surface area contributed by atoms with E-state index >= 15 is 0 Å². The first-order valence-corrected chi connectivity index (χ1v) is 8.88. The van der Waals surface area contributed by atoms with Gasteiger partial charge in [-0.2, -0.15) is 0 Å². The number of hydrogen-bond acceptors (Lipinski definition) is 3. The summed E-state index contributed by atoms with van der Waals surface area (Å²) in [6.45, 7) is 0. The van der Waals surface area contributed by atoms with E-state index in [4.69, 9.17) is 0 Å². The van der Waals surface area contributed by atoms with Gasteiger partial charge in [-0.05, 0) is 25.0 Å². The summed E-state index contributed by atoms with van der Waals surface area (Å²) in [4.78, 5) is 4.45. The molecule has 1 heterocycles. The molecule has 0 amide bonds. The molecule has 20 heavy (non-hydrogen) atoms. The Bertz CT molecular complexity index is 715. The zero-order valence-corrected chi connectivity index (χ0v) is 12.4. The van der Waals surface area contributed by atoms with Crippen LogP contribution < -0.4 is 4.72 Å². The van der Waals surface area contributed by atoms with Gasteiger partial charge in [0.05, 0.1) is 17.3 Å². The number of fused-ring (bicyclic) bond motifs is 1. The first-order chi connectivity index (χ1) is 9.54. The third kappa shape index (κ3) is 2.65. The fourth-order valence-electron chi connectivity index (χ4n) is 2.99. The van der Waals surface area contributed by atoms with Crippen LogP contribution in [-0.4, -0.2) is 24.2 Å². The highest BCUT2D eigenvalue weighted by Crippen LogP contribution is 2.34. The van der Waals surface area contributed by atoms with Crippen molar-refractivity contribution in [3.63, 3.8) is 0 Å². The molecule has 1 saturated carbocycles. The molecule has 2 aromatic rings. The number of rotatable bonds is 3. The van der Waals surface area contributed by atoms with Crippen molar-refractivity contribution < 1.29 is 8.42 Å². The van der Waals surface area contributed by atoms with Crippen molar-refractivity contribution >= 4 is 27.0 Å². The van der Waals surface area contributed by atoms with Crippen LogP contribution >= 0.6 is 0 Å². The average molecular weight is 293 g/mol. The number of aromatic nitrogens is 2. The van der Waals surface area contributed by atoms with E-state index in [1.165, 1.54) is 19.3 Å². The molecule has 1 aliphatic carbocycles. The third-order valence-corrected chi connectivity index (χ3v) is 4.37. The summed E-state index contributed by atoms with van der Waals surface area (Å²) in [5.41, 5.74) is 1.84.